The monoisotopic (exact) mass is 288 g/mol. The van der Waals surface area contributed by atoms with E-state index in [-0.39, 0.29) is 5.91 Å². The molecule has 1 aromatic carbocycles. The van der Waals surface area contributed by atoms with Crippen LogP contribution in [-0.2, 0) is 13.5 Å². The van der Waals surface area contributed by atoms with Crippen LogP contribution in [0.3, 0.4) is 0 Å². The van der Waals surface area contributed by atoms with E-state index in [2.05, 4.69) is 25.8 Å². The Morgan fingerprint density at radius 1 is 1.35 bits per heavy atom. The van der Waals surface area contributed by atoms with Gasteiger partial charge in [0.2, 0.25) is 5.13 Å². The van der Waals surface area contributed by atoms with Gasteiger partial charge in [-0.15, -0.1) is 15.3 Å². The van der Waals surface area contributed by atoms with Crippen molar-refractivity contribution in [1.29, 1.82) is 0 Å². The van der Waals surface area contributed by atoms with Crippen LogP contribution in [0.2, 0.25) is 0 Å². The zero-order valence-electron chi connectivity index (χ0n) is 11.0. The molecule has 0 aliphatic rings. The number of aromatic nitrogens is 5. The number of amides is 1. The van der Waals surface area contributed by atoms with Crippen LogP contribution in [0.5, 0.6) is 0 Å². The van der Waals surface area contributed by atoms with Gasteiger partial charge in [-0.3, -0.25) is 10.1 Å². The molecule has 7 nitrogen and oxygen atoms in total. The van der Waals surface area contributed by atoms with Gasteiger partial charge in [0, 0.05) is 12.6 Å². The largest absolute Gasteiger partial charge is 0.296 e. The Morgan fingerprint density at radius 3 is 2.95 bits per heavy atom. The van der Waals surface area contributed by atoms with E-state index in [4.69, 9.17) is 0 Å². The van der Waals surface area contributed by atoms with Crippen molar-refractivity contribution in [3.05, 3.63) is 28.8 Å². The van der Waals surface area contributed by atoms with E-state index in [9.17, 15) is 4.79 Å². The normalized spacial score (nSPS) is 10.9. The maximum absolute atomic E-state index is 12.1. The number of hydrogen-bond donors (Lipinski definition) is 1. The number of aryl methyl sites for hydroxylation is 2. The van der Waals surface area contributed by atoms with Crippen molar-refractivity contribution in [2.75, 3.05) is 5.32 Å². The Kier molecular flexibility index (Phi) is 3.15. The Balaban J connectivity index is 1.84. The lowest BCUT2D eigenvalue weighted by Gasteiger charge is -2.01. The highest BCUT2D eigenvalue weighted by Crippen LogP contribution is 2.18. The molecule has 3 aromatic rings. The third-order valence-corrected chi connectivity index (χ3v) is 3.85. The van der Waals surface area contributed by atoms with E-state index in [1.165, 1.54) is 11.3 Å². The first kappa shape index (κ1) is 12.7. The number of nitrogens with one attached hydrogen (secondary N) is 1. The average molecular weight is 288 g/mol. The molecule has 0 unspecified atom stereocenters. The quantitative estimate of drug-likeness (QED) is 0.791. The van der Waals surface area contributed by atoms with Crippen molar-refractivity contribution in [2.45, 2.75) is 13.3 Å². The van der Waals surface area contributed by atoms with E-state index in [0.717, 1.165) is 16.9 Å². The molecule has 1 amide bonds. The van der Waals surface area contributed by atoms with Crippen LogP contribution in [0.15, 0.2) is 18.2 Å². The Morgan fingerprint density at radius 2 is 2.20 bits per heavy atom. The maximum atomic E-state index is 12.1. The van der Waals surface area contributed by atoms with Gasteiger partial charge in [0.15, 0.2) is 0 Å². The fourth-order valence-electron chi connectivity index (χ4n) is 1.80. The number of carbonyl (C=O) groups is 1. The van der Waals surface area contributed by atoms with E-state index in [1.54, 1.807) is 16.8 Å². The van der Waals surface area contributed by atoms with Gasteiger partial charge in [-0.05, 0) is 24.6 Å². The first-order valence-electron chi connectivity index (χ1n) is 6.10. The average Bonchev–Trinajstić information content (AvgIpc) is 3.05. The van der Waals surface area contributed by atoms with Gasteiger partial charge in [-0.2, -0.15) is 0 Å². The Labute approximate surface area is 118 Å². The molecule has 0 aliphatic carbocycles. The van der Waals surface area contributed by atoms with E-state index in [1.807, 2.05) is 20.0 Å². The molecule has 102 valence electrons. The zero-order valence-corrected chi connectivity index (χ0v) is 11.8. The number of carbonyl (C=O) groups excluding carboxylic acids is 1. The molecule has 0 saturated heterocycles. The van der Waals surface area contributed by atoms with Crippen LogP contribution in [0.25, 0.3) is 11.0 Å². The molecule has 0 aliphatic heterocycles. The predicted octanol–water partition coefficient (Wildman–Crippen LogP) is 1.63. The van der Waals surface area contributed by atoms with Gasteiger partial charge in [0.05, 0.1) is 5.52 Å². The van der Waals surface area contributed by atoms with Crippen molar-refractivity contribution in [1.82, 2.24) is 25.2 Å². The van der Waals surface area contributed by atoms with Crippen molar-refractivity contribution >= 4 is 33.4 Å². The van der Waals surface area contributed by atoms with Crippen molar-refractivity contribution in [3.8, 4) is 0 Å². The number of benzene rings is 1. The summed E-state index contributed by atoms with van der Waals surface area (Å²) >= 11 is 1.38. The van der Waals surface area contributed by atoms with Crippen LogP contribution >= 0.6 is 11.3 Å². The second kappa shape index (κ2) is 4.97. The minimum atomic E-state index is -0.226. The minimum absolute atomic E-state index is 0.226. The van der Waals surface area contributed by atoms with Crippen LogP contribution in [-0.4, -0.2) is 31.1 Å². The number of anilines is 1. The topological polar surface area (TPSA) is 85.6 Å². The Hall–Kier alpha value is -2.35. The van der Waals surface area contributed by atoms with Gasteiger partial charge >= 0.3 is 0 Å². The van der Waals surface area contributed by atoms with Crippen LogP contribution in [0.1, 0.15) is 22.3 Å². The molecular formula is C12H12N6OS. The summed E-state index contributed by atoms with van der Waals surface area (Å²) < 4.78 is 1.66. The van der Waals surface area contributed by atoms with E-state index < -0.39 is 0 Å². The second-order valence-electron chi connectivity index (χ2n) is 4.23. The summed E-state index contributed by atoms with van der Waals surface area (Å²) in [4.78, 5) is 12.1. The maximum Gasteiger partial charge on any atom is 0.257 e. The van der Waals surface area contributed by atoms with Crippen LogP contribution < -0.4 is 5.32 Å². The molecule has 0 bridgehead atoms. The van der Waals surface area contributed by atoms with E-state index >= 15 is 0 Å². The second-order valence-corrected chi connectivity index (χ2v) is 5.29. The summed E-state index contributed by atoms with van der Waals surface area (Å²) in [5.41, 5.74) is 2.09. The molecule has 20 heavy (non-hydrogen) atoms. The molecule has 0 saturated carbocycles. The molecule has 0 atom stereocenters. The number of fused-ring (bicyclic) bond motifs is 1. The molecule has 1 N–H and O–H groups in total. The molecule has 0 radical (unpaired) electrons. The number of rotatable bonds is 3. The van der Waals surface area contributed by atoms with Gasteiger partial charge in [-0.1, -0.05) is 23.5 Å². The molecule has 0 spiro atoms. The first-order chi connectivity index (χ1) is 9.67. The third kappa shape index (κ3) is 2.25. The zero-order chi connectivity index (χ0) is 14.1. The standard InChI is InChI=1S/C12H12N6OS/c1-3-10-15-16-12(20-10)13-11(19)7-4-5-9-8(6-7)14-17-18(9)2/h4-6H,3H2,1-2H3,(H,13,16,19). The van der Waals surface area contributed by atoms with Crippen molar-refractivity contribution in [3.63, 3.8) is 0 Å². The molecule has 2 aromatic heterocycles. The van der Waals surface area contributed by atoms with Gasteiger partial charge in [-0.25, -0.2) is 4.68 Å². The molecule has 8 heteroatoms. The molecule has 2 heterocycles. The molecule has 0 fully saturated rings. The van der Waals surface area contributed by atoms with E-state index in [0.29, 0.717) is 16.2 Å². The van der Waals surface area contributed by atoms with Gasteiger partial charge in [0.1, 0.15) is 10.5 Å². The van der Waals surface area contributed by atoms with Gasteiger partial charge < -0.3 is 0 Å². The molecule has 3 rings (SSSR count). The summed E-state index contributed by atoms with van der Waals surface area (Å²) in [5, 5.41) is 19.9. The summed E-state index contributed by atoms with van der Waals surface area (Å²) in [6, 6.07) is 5.27. The van der Waals surface area contributed by atoms with Gasteiger partial charge in [0.25, 0.3) is 5.91 Å². The lowest BCUT2D eigenvalue weighted by atomic mass is 10.2. The number of hydrogen-bond acceptors (Lipinski definition) is 6. The van der Waals surface area contributed by atoms with Crippen molar-refractivity contribution in [2.24, 2.45) is 7.05 Å². The Bertz CT molecular complexity index is 777. The fraction of sp³-hybridized carbons (Fsp3) is 0.250. The molecular weight excluding hydrogens is 276 g/mol. The third-order valence-electron chi connectivity index (χ3n) is 2.86. The van der Waals surface area contributed by atoms with Crippen LogP contribution in [0, 0.1) is 0 Å². The SMILES string of the molecule is CCc1nnc(NC(=O)c2ccc3c(c2)nnn3C)s1. The first-order valence-corrected chi connectivity index (χ1v) is 6.92. The number of nitrogens with zero attached hydrogens (tertiary/aromatic N) is 5. The highest BCUT2D eigenvalue weighted by Gasteiger charge is 2.11. The summed E-state index contributed by atoms with van der Waals surface area (Å²) in [7, 11) is 1.81. The highest BCUT2D eigenvalue weighted by molar-refractivity contribution is 7.15. The van der Waals surface area contributed by atoms with Crippen molar-refractivity contribution < 1.29 is 4.79 Å². The lowest BCUT2D eigenvalue weighted by Crippen LogP contribution is -2.11. The lowest BCUT2D eigenvalue weighted by molar-refractivity contribution is 0.102. The summed E-state index contributed by atoms with van der Waals surface area (Å²) in [6.07, 6.45) is 0.805. The minimum Gasteiger partial charge on any atom is -0.296 e. The fourth-order valence-corrected chi connectivity index (χ4v) is 2.47. The predicted molar refractivity (Wildman–Crippen MR) is 75.7 cm³/mol. The van der Waals surface area contributed by atoms with Crippen LogP contribution in [0.4, 0.5) is 5.13 Å². The highest BCUT2D eigenvalue weighted by atomic mass is 32.1. The smallest absolute Gasteiger partial charge is 0.257 e. The summed E-state index contributed by atoms with van der Waals surface area (Å²) in [5.74, 6) is -0.226. The summed E-state index contributed by atoms with van der Waals surface area (Å²) in [6.45, 7) is 1.99.